The van der Waals surface area contributed by atoms with Gasteiger partial charge < -0.3 is 14.8 Å². The minimum Gasteiger partial charge on any atom is -0.488 e. The van der Waals surface area contributed by atoms with Gasteiger partial charge in [0, 0.05) is 19.2 Å². The van der Waals surface area contributed by atoms with Crippen LogP contribution < -0.4 is 15.4 Å². The molecule has 1 aliphatic heterocycles. The zero-order valence-electron chi connectivity index (χ0n) is 11.8. The summed E-state index contributed by atoms with van der Waals surface area (Å²) < 4.78 is 10.9. The highest BCUT2D eigenvalue weighted by molar-refractivity contribution is 6.33. The molecule has 2 N–H and O–H groups in total. The Balaban J connectivity index is 2.02. The van der Waals surface area contributed by atoms with Crippen molar-refractivity contribution >= 4 is 23.4 Å². The second kappa shape index (κ2) is 5.89. The van der Waals surface area contributed by atoms with E-state index < -0.39 is 11.7 Å². The lowest BCUT2D eigenvalue weighted by Crippen LogP contribution is -2.50. The quantitative estimate of drug-likeness (QED) is 0.900. The lowest BCUT2D eigenvalue weighted by Gasteiger charge is -2.28. The minimum atomic E-state index is -0.553. The molecule has 0 saturated carbocycles. The molecule has 0 bridgehead atoms. The number of hydrogen-bond acceptors (Lipinski definition) is 4. The Morgan fingerprint density at radius 1 is 1.40 bits per heavy atom. The highest BCUT2D eigenvalue weighted by Crippen LogP contribution is 2.28. The molecule has 0 unspecified atom stereocenters. The molecule has 1 fully saturated rings. The average Bonchev–Trinajstić information content (AvgIpc) is 2.25. The molecule has 1 saturated heterocycles. The first-order valence-electron chi connectivity index (χ1n) is 6.50. The maximum Gasteiger partial charge on any atom is 0.412 e. The summed E-state index contributed by atoms with van der Waals surface area (Å²) in [7, 11) is 0. The molecule has 0 spiro atoms. The van der Waals surface area contributed by atoms with Gasteiger partial charge in [-0.25, -0.2) is 4.79 Å². The number of rotatable bonds is 3. The van der Waals surface area contributed by atoms with E-state index in [4.69, 9.17) is 21.1 Å². The second-order valence-electron chi connectivity index (χ2n) is 5.67. The maximum absolute atomic E-state index is 11.7. The largest absolute Gasteiger partial charge is 0.488 e. The van der Waals surface area contributed by atoms with E-state index in [0.29, 0.717) is 16.5 Å². The fourth-order valence-corrected chi connectivity index (χ4v) is 1.79. The summed E-state index contributed by atoms with van der Waals surface area (Å²) in [6.45, 7) is 7.07. The van der Waals surface area contributed by atoms with Crippen LogP contribution in [0.2, 0.25) is 5.02 Å². The molecule has 1 heterocycles. The zero-order valence-corrected chi connectivity index (χ0v) is 12.6. The summed E-state index contributed by atoms with van der Waals surface area (Å²) in [6, 6.07) is 5.17. The van der Waals surface area contributed by atoms with E-state index in [-0.39, 0.29) is 6.10 Å². The predicted molar refractivity (Wildman–Crippen MR) is 78.6 cm³/mol. The number of carbonyl (C=O) groups excluding carboxylic acids is 1. The van der Waals surface area contributed by atoms with Gasteiger partial charge in [0.05, 0.1) is 10.7 Å². The van der Waals surface area contributed by atoms with Crippen molar-refractivity contribution in [2.45, 2.75) is 32.5 Å². The van der Waals surface area contributed by atoms with E-state index in [1.54, 1.807) is 39.0 Å². The molecule has 1 amide bonds. The summed E-state index contributed by atoms with van der Waals surface area (Å²) in [6.07, 6.45) is -0.368. The lowest BCUT2D eigenvalue weighted by molar-refractivity contribution is 0.0636. The maximum atomic E-state index is 11.7. The van der Waals surface area contributed by atoms with Gasteiger partial charge in [-0.05, 0) is 32.9 Å². The van der Waals surface area contributed by atoms with E-state index in [9.17, 15) is 4.79 Å². The average molecular weight is 299 g/mol. The fourth-order valence-electron chi connectivity index (χ4n) is 1.63. The van der Waals surface area contributed by atoms with Gasteiger partial charge in [-0.15, -0.1) is 0 Å². The van der Waals surface area contributed by atoms with Crippen molar-refractivity contribution in [3.63, 3.8) is 0 Å². The monoisotopic (exact) mass is 298 g/mol. The molecule has 1 aromatic rings. The van der Waals surface area contributed by atoms with E-state index in [1.807, 2.05) is 0 Å². The smallest absolute Gasteiger partial charge is 0.412 e. The van der Waals surface area contributed by atoms with Gasteiger partial charge in [0.25, 0.3) is 0 Å². The van der Waals surface area contributed by atoms with Crippen LogP contribution in [0.25, 0.3) is 0 Å². The summed E-state index contributed by atoms with van der Waals surface area (Å²) in [5.74, 6) is 0.673. The van der Waals surface area contributed by atoms with Crippen molar-refractivity contribution in [1.29, 1.82) is 0 Å². The Hall–Kier alpha value is -1.46. The van der Waals surface area contributed by atoms with E-state index in [2.05, 4.69) is 10.6 Å². The van der Waals surface area contributed by atoms with Crippen molar-refractivity contribution in [2.75, 3.05) is 18.4 Å². The Kier molecular flexibility index (Phi) is 4.40. The molecule has 2 rings (SSSR count). The van der Waals surface area contributed by atoms with E-state index >= 15 is 0 Å². The van der Waals surface area contributed by atoms with Crippen LogP contribution in [-0.2, 0) is 4.74 Å². The van der Waals surface area contributed by atoms with E-state index in [0.717, 1.165) is 13.1 Å². The first kappa shape index (κ1) is 14.9. The number of halogens is 1. The van der Waals surface area contributed by atoms with Gasteiger partial charge in [-0.3, -0.25) is 5.32 Å². The van der Waals surface area contributed by atoms with Crippen LogP contribution in [0.4, 0.5) is 10.5 Å². The standard InChI is InChI=1S/C14H19ClN2O3/c1-14(2,3)20-13(18)17-12-6-9(4-5-11(12)15)19-10-7-16-8-10/h4-6,10,16H,7-8H2,1-3H3,(H,17,18). The third kappa shape index (κ3) is 4.28. The van der Waals surface area contributed by atoms with Crippen molar-refractivity contribution in [1.82, 2.24) is 5.32 Å². The lowest BCUT2D eigenvalue weighted by atomic mass is 10.2. The van der Waals surface area contributed by atoms with Crippen LogP contribution in [0.15, 0.2) is 18.2 Å². The van der Waals surface area contributed by atoms with Crippen LogP contribution in [0.5, 0.6) is 5.75 Å². The van der Waals surface area contributed by atoms with E-state index in [1.165, 1.54) is 0 Å². The summed E-state index contributed by atoms with van der Waals surface area (Å²) >= 11 is 6.06. The van der Waals surface area contributed by atoms with Crippen molar-refractivity contribution < 1.29 is 14.3 Å². The number of carbonyl (C=O) groups is 1. The third-order valence-electron chi connectivity index (χ3n) is 2.62. The Morgan fingerprint density at radius 3 is 2.65 bits per heavy atom. The predicted octanol–water partition coefficient (Wildman–Crippen LogP) is 3.04. The Morgan fingerprint density at radius 2 is 2.10 bits per heavy atom. The van der Waals surface area contributed by atoms with Crippen LogP contribution in [0.3, 0.4) is 0 Å². The van der Waals surface area contributed by atoms with Crippen LogP contribution in [0.1, 0.15) is 20.8 Å². The number of ether oxygens (including phenoxy) is 2. The molecule has 110 valence electrons. The Labute approximate surface area is 123 Å². The van der Waals surface area contributed by atoms with Crippen LogP contribution in [-0.4, -0.2) is 30.9 Å². The molecule has 5 nitrogen and oxygen atoms in total. The van der Waals surface area contributed by atoms with Gasteiger partial charge in [-0.1, -0.05) is 11.6 Å². The zero-order chi connectivity index (χ0) is 14.8. The van der Waals surface area contributed by atoms with Gasteiger partial charge in [-0.2, -0.15) is 0 Å². The minimum absolute atomic E-state index is 0.172. The number of anilines is 1. The molecule has 0 radical (unpaired) electrons. The van der Waals surface area contributed by atoms with Crippen LogP contribution >= 0.6 is 11.6 Å². The third-order valence-corrected chi connectivity index (χ3v) is 2.95. The topological polar surface area (TPSA) is 59.6 Å². The molecule has 1 aliphatic rings. The molecule has 0 aliphatic carbocycles. The number of nitrogens with one attached hydrogen (secondary N) is 2. The molecular formula is C14H19ClN2O3. The second-order valence-corrected chi connectivity index (χ2v) is 6.07. The van der Waals surface area contributed by atoms with Gasteiger partial charge >= 0.3 is 6.09 Å². The summed E-state index contributed by atoms with van der Waals surface area (Å²) in [5, 5.41) is 6.19. The van der Waals surface area contributed by atoms with Crippen molar-refractivity contribution in [3.05, 3.63) is 23.2 Å². The number of hydrogen-bond donors (Lipinski definition) is 2. The van der Waals surface area contributed by atoms with Gasteiger partial charge in [0.15, 0.2) is 0 Å². The van der Waals surface area contributed by atoms with Crippen LogP contribution in [0, 0.1) is 0 Å². The first-order valence-corrected chi connectivity index (χ1v) is 6.88. The molecule has 20 heavy (non-hydrogen) atoms. The van der Waals surface area contributed by atoms with Crippen molar-refractivity contribution in [2.24, 2.45) is 0 Å². The van der Waals surface area contributed by atoms with Gasteiger partial charge in [0.1, 0.15) is 17.5 Å². The van der Waals surface area contributed by atoms with Gasteiger partial charge in [0.2, 0.25) is 0 Å². The highest BCUT2D eigenvalue weighted by Gasteiger charge is 2.20. The Bertz CT molecular complexity index is 496. The molecule has 6 heteroatoms. The molecular weight excluding hydrogens is 280 g/mol. The normalized spacial score (nSPS) is 15.4. The number of benzene rings is 1. The molecule has 1 aromatic carbocycles. The fraction of sp³-hybridized carbons (Fsp3) is 0.500. The summed E-state index contributed by atoms with van der Waals surface area (Å²) in [4.78, 5) is 11.7. The van der Waals surface area contributed by atoms with Crippen molar-refractivity contribution in [3.8, 4) is 5.75 Å². The molecule has 0 atom stereocenters. The SMILES string of the molecule is CC(C)(C)OC(=O)Nc1cc(OC2CNC2)ccc1Cl. The number of amides is 1. The molecule has 0 aromatic heterocycles. The highest BCUT2D eigenvalue weighted by atomic mass is 35.5. The summed E-state index contributed by atoms with van der Waals surface area (Å²) in [5.41, 5.74) is -0.0758. The first-order chi connectivity index (χ1) is 9.33.